The number of anilines is 2. The molecule has 0 radical (unpaired) electrons. The fraction of sp³-hybridized carbons (Fsp3) is 0.167. The number of nitrogen functional groups attached to an aromatic ring is 1. The van der Waals surface area contributed by atoms with Gasteiger partial charge in [0.25, 0.3) is 0 Å². The lowest BCUT2D eigenvalue weighted by Crippen LogP contribution is -2.01. The molecule has 17 heavy (non-hydrogen) atoms. The number of nitrogens with two attached hydrogens (primary N) is 1. The van der Waals surface area contributed by atoms with Crippen LogP contribution in [-0.2, 0) is 6.54 Å². The van der Waals surface area contributed by atoms with Crippen LogP contribution in [0.4, 0.5) is 11.4 Å². The fourth-order valence-corrected chi connectivity index (χ4v) is 1.39. The number of methoxy groups -OCH3 is 1. The van der Waals surface area contributed by atoms with Crippen LogP contribution in [0, 0.1) is 0 Å². The lowest BCUT2D eigenvalue weighted by atomic mass is 10.2. The monoisotopic (exact) mass is 230 g/mol. The van der Waals surface area contributed by atoms with Gasteiger partial charge in [-0.3, -0.25) is 4.98 Å². The molecule has 2 aromatic heterocycles. The minimum Gasteiger partial charge on any atom is -0.481 e. The van der Waals surface area contributed by atoms with E-state index in [0.717, 1.165) is 11.3 Å². The van der Waals surface area contributed by atoms with Gasteiger partial charge in [0.05, 0.1) is 24.7 Å². The number of nitrogens with zero attached hydrogens (tertiary/aromatic N) is 2. The third-order valence-electron chi connectivity index (χ3n) is 2.26. The predicted octanol–water partition coefficient (Wildman–Crippen LogP) is 1.68. The Kier molecular flexibility index (Phi) is 3.40. The molecule has 2 aromatic rings. The Hall–Kier alpha value is -2.30. The van der Waals surface area contributed by atoms with Crippen LogP contribution < -0.4 is 15.8 Å². The highest BCUT2D eigenvalue weighted by Gasteiger charge is 1.97. The maximum atomic E-state index is 5.63. The van der Waals surface area contributed by atoms with Gasteiger partial charge in [0.1, 0.15) is 0 Å². The molecule has 2 rings (SSSR count). The number of nitrogens with one attached hydrogen (secondary N) is 1. The Morgan fingerprint density at radius 1 is 1.29 bits per heavy atom. The smallest absolute Gasteiger partial charge is 0.212 e. The number of pyridine rings is 2. The Morgan fingerprint density at radius 3 is 2.82 bits per heavy atom. The highest BCUT2D eigenvalue weighted by molar-refractivity contribution is 5.51. The molecule has 0 spiro atoms. The summed E-state index contributed by atoms with van der Waals surface area (Å²) >= 11 is 0. The molecule has 3 N–H and O–H groups in total. The van der Waals surface area contributed by atoms with Crippen molar-refractivity contribution < 1.29 is 4.74 Å². The van der Waals surface area contributed by atoms with Crippen LogP contribution in [-0.4, -0.2) is 17.1 Å². The normalized spacial score (nSPS) is 9.94. The molecule has 5 nitrogen and oxygen atoms in total. The average Bonchev–Trinajstić information content (AvgIpc) is 2.37. The quantitative estimate of drug-likeness (QED) is 0.836. The van der Waals surface area contributed by atoms with Crippen LogP contribution >= 0.6 is 0 Å². The highest BCUT2D eigenvalue weighted by Crippen LogP contribution is 2.12. The molecule has 0 unspecified atom stereocenters. The van der Waals surface area contributed by atoms with E-state index in [1.54, 1.807) is 25.7 Å². The second-order valence-corrected chi connectivity index (χ2v) is 3.57. The van der Waals surface area contributed by atoms with Gasteiger partial charge >= 0.3 is 0 Å². The van der Waals surface area contributed by atoms with E-state index in [-0.39, 0.29) is 0 Å². The molecule has 0 aliphatic heterocycles. The summed E-state index contributed by atoms with van der Waals surface area (Å²) in [7, 11) is 1.60. The van der Waals surface area contributed by atoms with Gasteiger partial charge < -0.3 is 15.8 Å². The summed E-state index contributed by atoms with van der Waals surface area (Å²) in [5.74, 6) is 0.611. The minimum atomic E-state index is 0.611. The highest BCUT2D eigenvalue weighted by atomic mass is 16.5. The Morgan fingerprint density at radius 2 is 2.18 bits per heavy atom. The van der Waals surface area contributed by atoms with Crippen molar-refractivity contribution in [1.29, 1.82) is 0 Å². The molecule has 5 heteroatoms. The molecule has 0 aliphatic carbocycles. The summed E-state index contributed by atoms with van der Waals surface area (Å²) < 4.78 is 4.99. The molecule has 0 fully saturated rings. The Balaban J connectivity index is 1.97. The van der Waals surface area contributed by atoms with Crippen molar-refractivity contribution in [3.8, 4) is 5.88 Å². The van der Waals surface area contributed by atoms with E-state index in [9.17, 15) is 0 Å². The van der Waals surface area contributed by atoms with Gasteiger partial charge in [0, 0.05) is 25.0 Å². The zero-order valence-electron chi connectivity index (χ0n) is 9.55. The first-order chi connectivity index (χ1) is 8.28. The van der Waals surface area contributed by atoms with Gasteiger partial charge in [-0.1, -0.05) is 6.07 Å². The SMILES string of the molecule is COc1ccc(CNc2cncc(N)c2)cn1. The van der Waals surface area contributed by atoms with Gasteiger partial charge in [-0.2, -0.15) is 0 Å². The van der Waals surface area contributed by atoms with Crippen molar-refractivity contribution >= 4 is 11.4 Å². The average molecular weight is 230 g/mol. The first kappa shape index (κ1) is 11.2. The van der Waals surface area contributed by atoms with Crippen molar-refractivity contribution in [2.24, 2.45) is 0 Å². The molecule has 88 valence electrons. The number of hydrogen-bond donors (Lipinski definition) is 2. The zero-order valence-corrected chi connectivity index (χ0v) is 9.55. The molecule has 2 heterocycles. The molecular formula is C12H14N4O. The predicted molar refractivity (Wildman–Crippen MR) is 66.8 cm³/mol. The molecule has 0 aromatic carbocycles. The van der Waals surface area contributed by atoms with Gasteiger partial charge in [-0.05, 0) is 11.6 Å². The summed E-state index contributed by atoms with van der Waals surface area (Å²) in [6, 6.07) is 5.62. The minimum absolute atomic E-state index is 0.611. The molecule has 0 saturated heterocycles. The zero-order chi connectivity index (χ0) is 12.1. The van der Waals surface area contributed by atoms with E-state index < -0.39 is 0 Å². The summed E-state index contributed by atoms with van der Waals surface area (Å²) in [6.07, 6.45) is 5.11. The van der Waals surface area contributed by atoms with E-state index >= 15 is 0 Å². The van der Waals surface area contributed by atoms with Crippen LogP contribution in [0.1, 0.15) is 5.56 Å². The number of rotatable bonds is 4. The molecule has 0 aliphatic rings. The Bertz CT molecular complexity index is 484. The van der Waals surface area contributed by atoms with E-state index in [4.69, 9.17) is 10.5 Å². The number of ether oxygens (including phenoxy) is 1. The standard InChI is InChI=1S/C12H14N4O/c1-17-12-3-2-9(6-16-12)5-15-11-4-10(13)7-14-8-11/h2-4,6-8,15H,5,13H2,1H3. The maximum Gasteiger partial charge on any atom is 0.212 e. The largest absolute Gasteiger partial charge is 0.481 e. The summed E-state index contributed by atoms with van der Waals surface area (Å²) in [5, 5.41) is 3.22. The van der Waals surface area contributed by atoms with Gasteiger partial charge in [0.15, 0.2) is 0 Å². The van der Waals surface area contributed by atoms with Crippen molar-refractivity contribution in [3.63, 3.8) is 0 Å². The molecule has 0 amide bonds. The summed E-state index contributed by atoms with van der Waals surface area (Å²) in [6.45, 7) is 0.669. The van der Waals surface area contributed by atoms with Crippen LogP contribution in [0.5, 0.6) is 5.88 Å². The third kappa shape index (κ3) is 3.07. The first-order valence-electron chi connectivity index (χ1n) is 5.21. The lowest BCUT2D eigenvalue weighted by Gasteiger charge is -2.06. The van der Waals surface area contributed by atoms with E-state index in [2.05, 4.69) is 15.3 Å². The molecule has 0 atom stereocenters. The summed E-state index contributed by atoms with van der Waals surface area (Å²) in [4.78, 5) is 8.13. The van der Waals surface area contributed by atoms with Gasteiger partial charge in [-0.25, -0.2) is 4.98 Å². The first-order valence-corrected chi connectivity index (χ1v) is 5.21. The maximum absolute atomic E-state index is 5.63. The second kappa shape index (κ2) is 5.16. The Labute approximate surface area is 99.7 Å². The van der Waals surface area contributed by atoms with Crippen LogP contribution in [0.25, 0.3) is 0 Å². The van der Waals surface area contributed by atoms with E-state index in [0.29, 0.717) is 18.1 Å². The van der Waals surface area contributed by atoms with Crippen molar-refractivity contribution in [2.45, 2.75) is 6.54 Å². The van der Waals surface area contributed by atoms with E-state index in [1.165, 1.54) is 0 Å². The van der Waals surface area contributed by atoms with Crippen molar-refractivity contribution in [1.82, 2.24) is 9.97 Å². The third-order valence-corrected chi connectivity index (χ3v) is 2.26. The topological polar surface area (TPSA) is 73.1 Å². The lowest BCUT2D eigenvalue weighted by molar-refractivity contribution is 0.397. The number of hydrogen-bond acceptors (Lipinski definition) is 5. The van der Waals surface area contributed by atoms with Gasteiger partial charge in [-0.15, -0.1) is 0 Å². The van der Waals surface area contributed by atoms with Gasteiger partial charge in [0.2, 0.25) is 5.88 Å². The van der Waals surface area contributed by atoms with Crippen molar-refractivity contribution in [2.75, 3.05) is 18.2 Å². The molecule has 0 saturated carbocycles. The van der Waals surface area contributed by atoms with Crippen LogP contribution in [0.3, 0.4) is 0 Å². The summed E-state index contributed by atoms with van der Waals surface area (Å²) in [5.41, 5.74) is 8.23. The van der Waals surface area contributed by atoms with Crippen molar-refractivity contribution in [3.05, 3.63) is 42.4 Å². The number of aromatic nitrogens is 2. The van der Waals surface area contributed by atoms with Crippen LogP contribution in [0.2, 0.25) is 0 Å². The van der Waals surface area contributed by atoms with E-state index in [1.807, 2.05) is 18.2 Å². The molecule has 0 bridgehead atoms. The van der Waals surface area contributed by atoms with Crippen LogP contribution in [0.15, 0.2) is 36.8 Å². The second-order valence-electron chi connectivity index (χ2n) is 3.57. The molecular weight excluding hydrogens is 216 g/mol. The fourth-order valence-electron chi connectivity index (χ4n) is 1.39.